The van der Waals surface area contributed by atoms with E-state index in [1.54, 1.807) is 0 Å². The third kappa shape index (κ3) is 3.04. The Kier molecular flexibility index (Phi) is 4.14. The SMILES string of the molecule is O=C(N[C@@H]1C[C@H]2CC[C@@H]1N2)c1ccc2sc(N3CCSCC3)cc2c1. The van der Waals surface area contributed by atoms with Crippen LogP contribution in [-0.4, -0.2) is 48.6 Å². The average Bonchev–Trinajstić information content (AvgIpc) is 3.36. The van der Waals surface area contributed by atoms with Gasteiger partial charge < -0.3 is 15.5 Å². The molecule has 0 unspecified atom stereocenters. The molecule has 5 rings (SSSR count). The molecule has 1 aromatic carbocycles. The molecule has 3 saturated heterocycles. The number of amides is 1. The van der Waals surface area contributed by atoms with Crippen LogP contribution in [-0.2, 0) is 0 Å². The first kappa shape index (κ1) is 16.0. The summed E-state index contributed by atoms with van der Waals surface area (Å²) in [6.45, 7) is 2.25. The molecule has 0 radical (unpaired) electrons. The van der Waals surface area contributed by atoms with E-state index in [1.165, 1.54) is 39.4 Å². The number of benzene rings is 1. The van der Waals surface area contributed by atoms with Crippen molar-refractivity contribution >= 4 is 44.1 Å². The first-order valence-corrected chi connectivity index (χ1v) is 11.2. The van der Waals surface area contributed by atoms with E-state index in [9.17, 15) is 4.79 Å². The van der Waals surface area contributed by atoms with E-state index in [2.05, 4.69) is 33.7 Å². The molecule has 2 aromatic rings. The van der Waals surface area contributed by atoms with Crippen molar-refractivity contribution in [3.05, 3.63) is 29.8 Å². The lowest BCUT2D eigenvalue weighted by atomic mass is 9.95. The van der Waals surface area contributed by atoms with E-state index < -0.39 is 0 Å². The number of thiophene rings is 1. The largest absolute Gasteiger partial charge is 0.362 e. The fourth-order valence-electron chi connectivity index (χ4n) is 4.35. The van der Waals surface area contributed by atoms with Crippen LogP contribution in [0.3, 0.4) is 0 Å². The molecular weight excluding hydrogens is 350 g/mol. The molecule has 0 spiro atoms. The Morgan fingerprint density at radius 3 is 2.84 bits per heavy atom. The Balaban J connectivity index is 1.34. The third-order valence-corrected chi connectivity index (χ3v) is 7.82. The second kappa shape index (κ2) is 6.49. The fourth-order valence-corrected chi connectivity index (χ4v) is 6.34. The number of anilines is 1. The lowest BCUT2D eigenvalue weighted by molar-refractivity contribution is 0.0931. The van der Waals surface area contributed by atoms with E-state index in [0.717, 1.165) is 25.1 Å². The Hall–Kier alpha value is -1.24. The summed E-state index contributed by atoms with van der Waals surface area (Å²) >= 11 is 3.87. The van der Waals surface area contributed by atoms with Crippen LogP contribution < -0.4 is 15.5 Å². The highest BCUT2D eigenvalue weighted by Crippen LogP contribution is 2.34. The predicted octanol–water partition coefficient (Wildman–Crippen LogP) is 3.08. The summed E-state index contributed by atoms with van der Waals surface area (Å²) < 4.78 is 1.27. The Morgan fingerprint density at radius 2 is 2.08 bits per heavy atom. The van der Waals surface area contributed by atoms with Gasteiger partial charge in [-0.2, -0.15) is 11.8 Å². The van der Waals surface area contributed by atoms with E-state index in [0.29, 0.717) is 18.1 Å². The number of thioether (sulfide) groups is 1. The van der Waals surface area contributed by atoms with Gasteiger partial charge in [-0.05, 0) is 48.9 Å². The number of fused-ring (bicyclic) bond motifs is 3. The van der Waals surface area contributed by atoms with E-state index in [1.807, 2.05) is 29.2 Å². The number of nitrogens with zero attached hydrogens (tertiary/aromatic N) is 1. The summed E-state index contributed by atoms with van der Waals surface area (Å²) in [5.74, 6) is 2.49. The van der Waals surface area contributed by atoms with Crippen molar-refractivity contribution in [2.24, 2.45) is 0 Å². The third-order valence-electron chi connectivity index (χ3n) is 5.70. The highest BCUT2D eigenvalue weighted by atomic mass is 32.2. The normalized spacial score (nSPS) is 28.6. The maximum Gasteiger partial charge on any atom is 0.251 e. The minimum Gasteiger partial charge on any atom is -0.362 e. The Labute approximate surface area is 156 Å². The van der Waals surface area contributed by atoms with Gasteiger partial charge in [0.1, 0.15) is 0 Å². The molecule has 3 fully saturated rings. The highest BCUT2D eigenvalue weighted by molar-refractivity contribution is 7.99. The van der Waals surface area contributed by atoms with Crippen LogP contribution in [0.1, 0.15) is 29.6 Å². The van der Waals surface area contributed by atoms with Crippen LogP contribution >= 0.6 is 23.1 Å². The molecule has 2 bridgehead atoms. The summed E-state index contributed by atoms with van der Waals surface area (Å²) in [7, 11) is 0. The first-order chi connectivity index (χ1) is 12.3. The molecule has 1 aromatic heterocycles. The maximum atomic E-state index is 12.7. The number of nitrogens with one attached hydrogen (secondary N) is 2. The van der Waals surface area contributed by atoms with Crippen molar-refractivity contribution in [1.29, 1.82) is 0 Å². The van der Waals surface area contributed by atoms with Crippen molar-refractivity contribution < 1.29 is 4.79 Å². The topological polar surface area (TPSA) is 44.4 Å². The highest BCUT2D eigenvalue weighted by Gasteiger charge is 2.39. The van der Waals surface area contributed by atoms with Gasteiger partial charge in [0.2, 0.25) is 0 Å². The van der Waals surface area contributed by atoms with E-state index in [-0.39, 0.29) is 5.91 Å². The number of carbonyl (C=O) groups is 1. The zero-order chi connectivity index (χ0) is 16.8. The van der Waals surface area contributed by atoms with Gasteiger partial charge in [-0.1, -0.05) is 0 Å². The lowest BCUT2D eigenvalue weighted by Gasteiger charge is -2.26. The van der Waals surface area contributed by atoms with Crippen molar-refractivity contribution in [2.45, 2.75) is 37.4 Å². The molecule has 6 heteroatoms. The van der Waals surface area contributed by atoms with Crippen molar-refractivity contribution in [1.82, 2.24) is 10.6 Å². The molecule has 0 aliphatic carbocycles. The molecule has 25 heavy (non-hydrogen) atoms. The lowest BCUT2D eigenvalue weighted by Crippen LogP contribution is -2.42. The molecule has 3 aliphatic heterocycles. The predicted molar refractivity (Wildman–Crippen MR) is 107 cm³/mol. The first-order valence-electron chi connectivity index (χ1n) is 9.19. The molecule has 4 heterocycles. The number of hydrogen-bond donors (Lipinski definition) is 2. The summed E-state index contributed by atoms with van der Waals surface area (Å²) in [5.41, 5.74) is 0.786. The minimum absolute atomic E-state index is 0.0726. The van der Waals surface area contributed by atoms with Crippen molar-refractivity contribution in [2.75, 3.05) is 29.5 Å². The molecule has 0 saturated carbocycles. The quantitative estimate of drug-likeness (QED) is 0.868. The molecule has 3 aliphatic rings. The maximum absolute atomic E-state index is 12.7. The Morgan fingerprint density at radius 1 is 1.20 bits per heavy atom. The van der Waals surface area contributed by atoms with Crippen molar-refractivity contribution in [3.8, 4) is 0 Å². The number of hydrogen-bond acceptors (Lipinski definition) is 5. The summed E-state index contributed by atoms with van der Waals surface area (Å²) in [4.78, 5) is 15.2. The number of carbonyl (C=O) groups excluding carboxylic acids is 1. The molecular formula is C19H23N3OS2. The fraction of sp³-hybridized carbons (Fsp3) is 0.526. The van der Waals surface area contributed by atoms with Gasteiger partial charge in [0.05, 0.1) is 5.00 Å². The molecule has 2 N–H and O–H groups in total. The van der Waals surface area contributed by atoms with Crippen LogP contribution in [0.4, 0.5) is 5.00 Å². The number of rotatable bonds is 3. The van der Waals surface area contributed by atoms with Gasteiger partial charge in [0.15, 0.2) is 0 Å². The van der Waals surface area contributed by atoms with Crippen LogP contribution in [0.5, 0.6) is 0 Å². The smallest absolute Gasteiger partial charge is 0.251 e. The van der Waals surface area contributed by atoms with Crippen LogP contribution in [0.2, 0.25) is 0 Å². The molecule has 1 amide bonds. The van der Waals surface area contributed by atoms with Gasteiger partial charge in [0, 0.05) is 53.0 Å². The summed E-state index contributed by atoms with van der Waals surface area (Å²) in [5, 5.41) is 9.36. The second-order valence-electron chi connectivity index (χ2n) is 7.30. The molecule has 4 nitrogen and oxygen atoms in total. The summed E-state index contributed by atoms with van der Waals surface area (Å²) in [6, 6.07) is 9.78. The van der Waals surface area contributed by atoms with Crippen LogP contribution in [0.15, 0.2) is 24.3 Å². The van der Waals surface area contributed by atoms with Crippen molar-refractivity contribution in [3.63, 3.8) is 0 Å². The minimum atomic E-state index is 0.0726. The zero-order valence-corrected chi connectivity index (χ0v) is 15.8. The van der Waals surface area contributed by atoms with Crippen LogP contribution in [0.25, 0.3) is 10.1 Å². The van der Waals surface area contributed by atoms with E-state index >= 15 is 0 Å². The van der Waals surface area contributed by atoms with Gasteiger partial charge in [-0.15, -0.1) is 11.3 Å². The van der Waals surface area contributed by atoms with Gasteiger partial charge in [-0.3, -0.25) is 4.79 Å². The van der Waals surface area contributed by atoms with Gasteiger partial charge >= 0.3 is 0 Å². The van der Waals surface area contributed by atoms with E-state index in [4.69, 9.17) is 0 Å². The van der Waals surface area contributed by atoms with Gasteiger partial charge in [-0.25, -0.2) is 0 Å². The average molecular weight is 374 g/mol. The van der Waals surface area contributed by atoms with Crippen LogP contribution in [0, 0.1) is 0 Å². The molecule has 3 atom stereocenters. The Bertz CT molecular complexity index is 799. The zero-order valence-electron chi connectivity index (χ0n) is 14.2. The standard InChI is InChI=1S/C19H23N3OS2/c23-19(21-16-11-14-2-3-15(16)20-14)12-1-4-17-13(9-12)10-18(25-17)22-5-7-24-8-6-22/h1,4,9-10,14-16,20H,2-3,5-8,11H2,(H,21,23)/t14-,15+,16-/m1/s1. The van der Waals surface area contributed by atoms with Gasteiger partial charge in [0.25, 0.3) is 5.91 Å². The molecule has 132 valence electrons. The monoisotopic (exact) mass is 373 g/mol. The summed E-state index contributed by atoms with van der Waals surface area (Å²) in [6.07, 6.45) is 3.53. The second-order valence-corrected chi connectivity index (χ2v) is 9.59.